The lowest BCUT2D eigenvalue weighted by atomic mass is 9.88. The van der Waals surface area contributed by atoms with Crippen molar-refractivity contribution >= 4 is 29.0 Å². The molecule has 108 valence electrons. The Labute approximate surface area is 124 Å². The summed E-state index contributed by atoms with van der Waals surface area (Å²) in [6.07, 6.45) is 1.70. The molecule has 1 aliphatic heterocycles. The van der Waals surface area contributed by atoms with Crippen molar-refractivity contribution in [3.05, 3.63) is 28.8 Å². The van der Waals surface area contributed by atoms with E-state index in [0.29, 0.717) is 16.3 Å². The van der Waals surface area contributed by atoms with Gasteiger partial charge in [-0.25, -0.2) is 0 Å². The number of hydrogen-bond acceptors (Lipinski definition) is 3. The van der Waals surface area contributed by atoms with Crippen molar-refractivity contribution in [3.8, 4) is 0 Å². The molecule has 0 bridgehead atoms. The SMILES string of the molecule is CC(=O)Nc1ccc(Cl)cc1C(=O)C1CCN(C)CC1. The zero-order chi connectivity index (χ0) is 14.7. The average Bonchev–Trinajstić information content (AvgIpc) is 2.40. The highest BCUT2D eigenvalue weighted by molar-refractivity contribution is 6.31. The summed E-state index contributed by atoms with van der Waals surface area (Å²) in [5, 5.41) is 3.21. The number of carbonyl (C=O) groups excluding carboxylic acids is 2. The lowest BCUT2D eigenvalue weighted by Crippen LogP contribution is -2.33. The molecule has 0 aliphatic carbocycles. The van der Waals surface area contributed by atoms with Crippen LogP contribution in [0.5, 0.6) is 0 Å². The van der Waals surface area contributed by atoms with Crippen LogP contribution in [0, 0.1) is 5.92 Å². The number of ketones is 1. The van der Waals surface area contributed by atoms with E-state index in [0.717, 1.165) is 25.9 Å². The van der Waals surface area contributed by atoms with Crippen molar-refractivity contribution in [2.24, 2.45) is 5.92 Å². The minimum absolute atomic E-state index is 0.0113. The number of halogens is 1. The van der Waals surface area contributed by atoms with Gasteiger partial charge in [0.15, 0.2) is 5.78 Å². The molecule has 0 saturated carbocycles. The Hall–Kier alpha value is -1.39. The maximum absolute atomic E-state index is 12.6. The van der Waals surface area contributed by atoms with E-state index in [2.05, 4.69) is 17.3 Å². The van der Waals surface area contributed by atoms with E-state index in [9.17, 15) is 9.59 Å². The predicted octanol–water partition coefficient (Wildman–Crippen LogP) is 2.82. The van der Waals surface area contributed by atoms with Crippen LogP contribution in [-0.4, -0.2) is 36.7 Å². The van der Waals surface area contributed by atoms with Gasteiger partial charge in [-0.1, -0.05) is 11.6 Å². The summed E-state index contributed by atoms with van der Waals surface area (Å²) < 4.78 is 0. The van der Waals surface area contributed by atoms with E-state index in [1.807, 2.05) is 0 Å². The smallest absolute Gasteiger partial charge is 0.221 e. The molecular formula is C15H19ClN2O2. The predicted molar refractivity (Wildman–Crippen MR) is 80.3 cm³/mol. The van der Waals surface area contributed by atoms with E-state index in [1.54, 1.807) is 18.2 Å². The van der Waals surface area contributed by atoms with Crippen molar-refractivity contribution in [3.63, 3.8) is 0 Å². The number of carbonyl (C=O) groups is 2. The number of nitrogens with one attached hydrogen (secondary N) is 1. The Morgan fingerprint density at radius 2 is 1.95 bits per heavy atom. The van der Waals surface area contributed by atoms with Gasteiger partial charge < -0.3 is 10.2 Å². The molecule has 0 radical (unpaired) electrons. The summed E-state index contributed by atoms with van der Waals surface area (Å²) in [5.41, 5.74) is 1.06. The first kappa shape index (κ1) is 15.0. The van der Waals surface area contributed by atoms with Gasteiger partial charge in [0.05, 0.1) is 5.69 Å². The monoisotopic (exact) mass is 294 g/mol. The van der Waals surface area contributed by atoms with Crippen LogP contribution in [0.15, 0.2) is 18.2 Å². The molecule has 4 nitrogen and oxygen atoms in total. The van der Waals surface area contributed by atoms with Gasteiger partial charge in [-0.05, 0) is 51.2 Å². The van der Waals surface area contributed by atoms with E-state index >= 15 is 0 Å². The molecule has 1 aromatic carbocycles. The van der Waals surface area contributed by atoms with Crippen molar-refractivity contribution < 1.29 is 9.59 Å². The number of hydrogen-bond donors (Lipinski definition) is 1. The zero-order valence-electron chi connectivity index (χ0n) is 11.8. The molecule has 2 rings (SSSR count). The molecule has 20 heavy (non-hydrogen) atoms. The summed E-state index contributed by atoms with van der Waals surface area (Å²) >= 11 is 5.99. The minimum Gasteiger partial charge on any atom is -0.326 e. The Morgan fingerprint density at radius 1 is 1.30 bits per heavy atom. The fraction of sp³-hybridized carbons (Fsp3) is 0.467. The summed E-state index contributed by atoms with van der Waals surface area (Å²) in [6, 6.07) is 5.01. The van der Waals surface area contributed by atoms with Crippen molar-refractivity contribution in [2.75, 3.05) is 25.5 Å². The fourth-order valence-electron chi connectivity index (χ4n) is 2.51. The topological polar surface area (TPSA) is 49.4 Å². The molecule has 0 unspecified atom stereocenters. The fourth-order valence-corrected chi connectivity index (χ4v) is 2.68. The highest BCUT2D eigenvalue weighted by atomic mass is 35.5. The largest absolute Gasteiger partial charge is 0.326 e. The number of anilines is 1. The summed E-state index contributed by atoms with van der Waals surface area (Å²) in [4.78, 5) is 26.1. The van der Waals surface area contributed by atoms with Gasteiger partial charge in [-0.3, -0.25) is 9.59 Å². The second-order valence-corrected chi connectivity index (χ2v) is 5.75. The molecular weight excluding hydrogens is 276 g/mol. The van der Waals surface area contributed by atoms with Crippen LogP contribution in [0.25, 0.3) is 0 Å². The number of benzene rings is 1. The normalized spacial score (nSPS) is 16.9. The number of piperidine rings is 1. The maximum Gasteiger partial charge on any atom is 0.221 e. The van der Waals surface area contributed by atoms with Crippen molar-refractivity contribution in [2.45, 2.75) is 19.8 Å². The third-order valence-electron chi connectivity index (χ3n) is 3.65. The third kappa shape index (κ3) is 3.58. The molecule has 1 heterocycles. The van der Waals surface area contributed by atoms with Gasteiger partial charge in [-0.2, -0.15) is 0 Å². The van der Waals surface area contributed by atoms with E-state index in [-0.39, 0.29) is 17.6 Å². The van der Waals surface area contributed by atoms with E-state index < -0.39 is 0 Å². The Bertz CT molecular complexity index is 523. The van der Waals surface area contributed by atoms with Crippen LogP contribution in [-0.2, 0) is 4.79 Å². The maximum atomic E-state index is 12.6. The van der Waals surface area contributed by atoms with Gasteiger partial charge in [0, 0.05) is 23.4 Å². The quantitative estimate of drug-likeness (QED) is 0.872. The van der Waals surface area contributed by atoms with Crippen LogP contribution < -0.4 is 5.32 Å². The molecule has 0 spiro atoms. The molecule has 1 fully saturated rings. The Kier molecular flexibility index (Phi) is 4.78. The Balaban J connectivity index is 2.23. The van der Waals surface area contributed by atoms with Gasteiger partial charge in [0.25, 0.3) is 0 Å². The average molecular weight is 295 g/mol. The minimum atomic E-state index is -0.190. The molecule has 5 heteroatoms. The van der Waals surface area contributed by atoms with Crippen LogP contribution >= 0.6 is 11.6 Å². The first-order valence-electron chi connectivity index (χ1n) is 6.77. The van der Waals surface area contributed by atoms with Gasteiger partial charge >= 0.3 is 0 Å². The standard InChI is InChI=1S/C15H19ClN2O2/c1-10(19)17-14-4-3-12(16)9-13(14)15(20)11-5-7-18(2)8-6-11/h3-4,9,11H,5-8H2,1-2H3,(H,17,19). The Morgan fingerprint density at radius 3 is 2.55 bits per heavy atom. The first-order valence-corrected chi connectivity index (χ1v) is 7.15. The van der Waals surface area contributed by atoms with Gasteiger partial charge in [0.2, 0.25) is 5.91 Å². The highest BCUT2D eigenvalue weighted by Gasteiger charge is 2.26. The van der Waals surface area contributed by atoms with Gasteiger partial charge in [0.1, 0.15) is 0 Å². The van der Waals surface area contributed by atoms with Crippen molar-refractivity contribution in [1.29, 1.82) is 0 Å². The highest BCUT2D eigenvalue weighted by Crippen LogP contribution is 2.27. The molecule has 0 aromatic heterocycles. The lowest BCUT2D eigenvalue weighted by Gasteiger charge is -2.28. The molecule has 1 saturated heterocycles. The molecule has 1 N–H and O–H groups in total. The number of likely N-dealkylation sites (tertiary alicyclic amines) is 1. The third-order valence-corrected chi connectivity index (χ3v) is 3.88. The van der Waals surface area contributed by atoms with Crippen LogP contribution in [0.3, 0.4) is 0 Å². The number of nitrogens with zero attached hydrogens (tertiary/aromatic N) is 1. The number of Topliss-reactive ketones (excluding diaryl/α,β-unsaturated/α-hetero) is 1. The summed E-state index contributed by atoms with van der Waals surface area (Å²) in [6.45, 7) is 3.28. The van der Waals surface area contributed by atoms with Crippen molar-refractivity contribution in [1.82, 2.24) is 4.90 Å². The van der Waals surface area contributed by atoms with Crippen LogP contribution in [0.1, 0.15) is 30.1 Å². The number of rotatable bonds is 3. The zero-order valence-corrected chi connectivity index (χ0v) is 12.5. The first-order chi connectivity index (χ1) is 9.47. The van der Waals surface area contributed by atoms with E-state index in [4.69, 9.17) is 11.6 Å². The van der Waals surface area contributed by atoms with E-state index in [1.165, 1.54) is 6.92 Å². The van der Waals surface area contributed by atoms with Gasteiger partial charge in [-0.15, -0.1) is 0 Å². The van der Waals surface area contributed by atoms with Crippen LogP contribution in [0.4, 0.5) is 5.69 Å². The number of amides is 1. The molecule has 1 aromatic rings. The second kappa shape index (κ2) is 6.37. The summed E-state index contributed by atoms with van der Waals surface area (Å²) in [5.74, 6) is -0.105. The molecule has 1 amide bonds. The molecule has 0 atom stereocenters. The molecule has 1 aliphatic rings. The summed E-state index contributed by atoms with van der Waals surface area (Å²) in [7, 11) is 2.06. The van der Waals surface area contributed by atoms with Crippen LogP contribution in [0.2, 0.25) is 5.02 Å². The second-order valence-electron chi connectivity index (χ2n) is 5.31. The lowest BCUT2D eigenvalue weighted by molar-refractivity contribution is -0.114.